The zero-order valence-electron chi connectivity index (χ0n) is 12.1. The van der Waals surface area contributed by atoms with Crippen LogP contribution in [0.25, 0.3) is 0 Å². The third-order valence-electron chi connectivity index (χ3n) is 4.82. The van der Waals surface area contributed by atoms with E-state index in [4.69, 9.17) is 4.99 Å². The quantitative estimate of drug-likeness (QED) is 0.544. The van der Waals surface area contributed by atoms with Gasteiger partial charge in [0.25, 0.3) is 0 Å². The van der Waals surface area contributed by atoms with Gasteiger partial charge in [-0.25, -0.2) is 0 Å². The summed E-state index contributed by atoms with van der Waals surface area (Å²) in [4.78, 5) is 4.93. The second-order valence-electron chi connectivity index (χ2n) is 6.05. The maximum Gasteiger partial charge on any atom is 0.138 e. The molecule has 2 unspecified atom stereocenters. The third-order valence-corrected chi connectivity index (χ3v) is 4.82. The van der Waals surface area contributed by atoms with Crippen LogP contribution in [0, 0.1) is 0 Å². The van der Waals surface area contributed by atoms with Crippen LogP contribution in [0.3, 0.4) is 0 Å². The summed E-state index contributed by atoms with van der Waals surface area (Å²) in [7, 11) is 0. The Morgan fingerprint density at radius 2 is 1.84 bits per heavy atom. The molecule has 1 heterocycles. The van der Waals surface area contributed by atoms with Crippen molar-refractivity contribution in [3.8, 4) is 0 Å². The van der Waals surface area contributed by atoms with Crippen LogP contribution in [0.1, 0.15) is 33.3 Å². The Balaban J connectivity index is 2.27. The largest absolute Gasteiger partial charge is 0.285 e. The standard InChI is InChI=1S/C17H20N2/c1-11-10-12(2)19-17(5)13(3)16(17,4)14-8-6-7-9-15(14)18-11/h6-10,18H,3H2,1-2,4-5H3/p+1. The minimum atomic E-state index is -0.165. The zero-order chi connectivity index (χ0) is 13.8. The molecule has 1 aromatic carbocycles. The Kier molecular flexibility index (Phi) is 2.39. The second-order valence-corrected chi connectivity index (χ2v) is 6.05. The van der Waals surface area contributed by atoms with E-state index < -0.39 is 0 Å². The van der Waals surface area contributed by atoms with Gasteiger partial charge in [0.2, 0.25) is 0 Å². The van der Waals surface area contributed by atoms with Gasteiger partial charge in [-0.3, -0.25) is 10.3 Å². The van der Waals surface area contributed by atoms with Crippen LogP contribution in [-0.2, 0) is 5.41 Å². The van der Waals surface area contributed by atoms with Crippen molar-refractivity contribution in [1.82, 2.24) is 0 Å². The smallest absolute Gasteiger partial charge is 0.138 e. The fraction of sp³-hybridized carbons (Fsp3) is 0.353. The lowest BCUT2D eigenvalue weighted by Gasteiger charge is -2.16. The van der Waals surface area contributed by atoms with Gasteiger partial charge in [0, 0.05) is 24.3 Å². The van der Waals surface area contributed by atoms with Crippen LogP contribution >= 0.6 is 0 Å². The predicted molar refractivity (Wildman–Crippen MR) is 79.8 cm³/mol. The first-order valence-electron chi connectivity index (χ1n) is 6.78. The maximum atomic E-state index is 4.93. The highest BCUT2D eigenvalue weighted by atomic mass is 15.0. The van der Waals surface area contributed by atoms with Gasteiger partial charge in [-0.15, -0.1) is 0 Å². The summed E-state index contributed by atoms with van der Waals surface area (Å²) in [6.45, 7) is 12.9. The number of benzene rings is 1. The maximum absolute atomic E-state index is 4.93. The molecule has 0 bridgehead atoms. The Morgan fingerprint density at radius 1 is 1.16 bits per heavy atom. The zero-order valence-corrected chi connectivity index (χ0v) is 12.1. The van der Waals surface area contributed by atoms with E-state index in [0.717, 1.165) is 5.71 Å². The molecule has 1 aromatic rings. The number of rotatable bonds is 0. The lowest BCUT2D eigenvalue weighted by Crippen LogP contribution is -2.75. The van der Waals surface area contributed by atoms with Crippen LogP contribution < -0.4 is 5.32 Å². The van der Waals surface area contributed by atoms with E-state index in [9.17, 15) is 0 Å². The number of hydrogen-bond donors (Lipinski definition) is 1. The van der Waals surface area contributed by atoms with Crippen molar-refractivity contribution in [3.05, 3.63) is 53.8 Å². The van der Waals surface area contributed by atoms with Crippen LogP contribution in [0.2, 0.25) is 0 Å². The van der Waals surface area contributed by atoms with Crippen molar-refractivity contribution in [1.29, 1.82) is 0 Å². The molecule has 1 saturated carbocycles. The molecule has 2 atom stereocenters. The summed E-state index contributed by atoms with van der Waals surface area (Å²) in [5.41, 5.74) is 5.96. The number of fused-ring (bicyclic) bond motifs is 3. The number of para-hydroxylation sites is 1. The number of quaternary nitrogens is 1. The summed E-state index contributed by atoms with van der Waals surface area (Å²) < 4.78 is 0. The average Bonchev–Trinajstić information content (AvgIpc) is 2.75. The molecule has 0 amide bonds. The van der Waals surface area contributed by atoms with Gasteiger partial charge in [0.15, 0.2) is 0 Å². The molecule has 3 rings (SSSR count). The van der Waals surface area contributed by atoms with E-state index in [0.29, 0.717) is 0 Å². The first-order chi connectivity index (χ1) is 8.89. The lowest BCUT2D eigenvalue weighted by molar-refractivity contribution is -0.517. The van der Waals surface area contributed by atoms with E-state index in [1.807, 2.05) is 0 Å². The number of nitrogens with zero attached hydrogens (tertiary/aromatic N) is 1. The molecule has 0 aromatic heterocycles. The summed E-state index contributed by atoms with van der Waals surface area (Å²) in [5, 5.41) is 2.25. The Morgan fingerprint density at radius 3 is 2.58 bits per heavy atom. The fourth-order valence-corrected chi connectivity index (χ4v) is 3.44. The van der Waals surface area contributed by atoms with Crippen molar-refractivity contribution in [3.63, 3.8) is 0 Å². The Bertz CT molecular complexity index is 638. The summed E-state index contributed by atoms with van der Waals surface area (Å²) >= 11 is 0. The van der Waals surface area contributed by atoms with Crippen molar-refractivity contribution >= 4 is 11.4 Å². The molecule has 19 heavy (non-hydrogen) atoms. The number of allylic oxidation sites excluding steroid dienone is 2. The van der Waals surface area contributed by atoms with Crippen LogP contribution in [-0.4, -0.2) is 11.3 Å². The molecule has 2 heteroatoms. The number of nitrogens with two attached hydrogens (primary N) is 1. The van der Waals surface area contributed by atoms with E-state index >= 15 is 0 Å². The monoisotopic (exact) mass is 253 g/mol. The Labute approximate surface area is 115 Å². The van der Waals surface area contributed by atoms with Crippen LogP contribution in [0.4, 0.5) is 5.69 Å². The summed E-state index contributed by atoms with van der Waals surface area (Å²) in [6.07, 6.45) is 2.15. The molecular weight excluding hydrogens is 232 g/mol. The molecular formula is C17H21N2+. The van der Waals surface area contributed by atoms with Crippen molar-refractivity contribution in [2.24, 2.45) is 4.99 Å². The van der Waals surface area contributed by atoms with Crippen LogP contribution in [0.5, 0.6) is 0 Å². The van der Waals surface area contributed by atoms with Gasteiger partial charge in [-0.05, 0) is 32.4 Å². The third kappa shape index (κ3) is 1.50. The van der Waals surface area contributed by atoms with Gasteiger partial charge in [-0.1, -0.05) is 24.8 Å². The fourth-order valence-electron chi connectivity index (χ4n) is 3.44. The molecule has 1 aliphatic carbocycles. The molecule has 0 spiro atoms. The molecule has 2 nitrogen and oxygen atoms in total. The molecule has 1 aliphatic heterocycles. The predicted octanol–water partition coefficient (Wildman–Crippen LogP) is 2.85. The second kappa shape index (κ2) is 3.67. The molecule has 1 fully saturated rings. The van der Waals surface area contributed by atoms with Gasteiger partial charge in [0.05, 0.1) is 11.0 Å². The summed E-state index contributed by atoms with van der Waals surface area (Å²) in [6, 6.07) is 8.60. The van der Waals surface area contributed by atoms with E-state index in [2.05, 4.69) is 69.9 Å². The lowest BCUT2D eigenvalue weighted by atomic mass is 9.91. The minimum absolute atomic E-state index is 0.0419. The summed E-state index contributed by atoms with van der Waals surface area (Å²) in [5.74, 6) is 0. The molecule has 0 radical (unpaired) electrons. The van der Waals surface area contributed by atoms with Gasteiger partial charge >= 0.3 is 0 Å². The average molecular weight is 253 g/mol. The normalized spacial score (nSPS) is 33.2. The van der Waals surface area contributed by atoms with Gasteiger partial charge < -0.3 is 0 Å². The molecule has 0 saturated heterocycles. The van der Waals surface area contributed by atoms with E-state index in [-0.39, 0.29) is 11.0 Å². The van der Waals surface area contributed by atoms with Gasteiger partial charge in [0.1, 0.15) is 11.4 Å². The SMILES string of the molecule is C=C1C2(C)N=C(C)C=C(C)[NH2+]c3ccccc3C12C. The van der Waals surface area contributed by atoms with E-state index in [1.54, 1.807) is 0 Å². The molecule has 2 N–H and O–H groups in total. The van der Waals surface area contributed by atoms with Gasteiger partial charge in [-0.2, -0.15) is 0 Å². The first kappa shape index (κ1) is 12.4. The van der Waals surface area contributed by atoms with Crippen molar-refractivity contribution in [2.45, 2.75) is 38.6 Å². The van der Waals surface area contributed by atoms with E-state index in [1.165, 1.54) is 22.5 Å². The highest BCUT2D eigenvalue weighted by Gasteiger charge is 2.68. The minimum Gasteiger partial charge on any atom is -0.285 e. The highest BCUT2D eigenvalue weighted by Crippen LogP contribution is 2.65. The highest BCUT2D eigenvalue weighted by molar-refractivity contribution is 5.94. The molecule has 2 aliphatic rings. The number of hydrogen-bond acceptors (Lipinski definition) is 1. The number of aliphatic imine (C=N–C) groups is 1. The first-order valence-corrected chi connectivity index (χ1v) is 6.78. The van der Waals surface area contributed by atoms with Crippen molar-refractivity contribution in [2.75, 3.05) is 0 Å². The molecule has 98 valence electrons. The van der Waals surface area contributed by atoms with Crippen LogP contribution in [0.15, 0.2) is 53.2 Å². The Hall–Kier alpha value is -1.67. The topological polar surface area (TPSA) is 29.0 Å². The van der Waals surface area contributed by atoms with Crippen molar-refractivity contribution < 1.29 is 5.32 Å².